The summed E-state index contributed by atoms with van der Waals surface area (Å²) < 4.78 is 7.29. The number of tetrazole rings is 1. The zero-order chi connectivity index (χ0) is 23.5. The van der Waals surface area contributed by atoms with Gasteiger partial charge in [-0.3, -0.25) is 0 Å². The Morgan fingerprint density at radius 2 is 1.79 bits per heavy atom. The number of nitriles is 1. The van der Waals surface area contributed by atoms with Crippen LogP contribution in [-0.4, -0.2) is 26.2 Å². The lowest BCUT2D eigenvalue weighted by molar-refractivity contribution is -0.140. The van der Waals surface area contributed by atoms with Crippen LogP contribution >= 0.6 is 0 Å². The molecule has 1 aliphatic rings. The minimum atomic E-state index is -0.596. The summed E-state index contributed by atoms with van der Waals surface area (Å²) in [6.07, 6.45) is 0. The second kappa shape index (κ2) is 9.00. The monoisotopic (exact) mass is 448 g/mol. The number of hydrogen-bond donors (Lipinski definition) is 1. The van der Waals surface area contributed by atoms with Crippen LogP contribution in [0.5, 0.6) is 0 Å². The molecule has 0 amide bonds. The van der Waals surface area contributed by atoms with Crippen molar-refractivity contribution in [1.29, 1.82) is 5.26 Å². The zero-order valence-corrected chi connectivity index (χ0v) is 18.3. The highest BCUT2D eigenvalue weighted by Gasteiger charge is 2.36. The van der Waals surface area contributed by atoms with E-state index < -0.39 is 12.0 Å². The normalized spacial score (nSPS) is 14.6. The highest BCUT2D eigenvalue weighted by Crippen LogP contribution is 2.39. The first-order valence-electron chi connectivity index (χ1n) is 10.7. The van der Waals surface area contributed by atoms with E-state index in [-0.39, 0.29) is 6.61 Å². The number of rotatable bonds is 5. The van der Waals surface area contributed by atoms with Gasteiger partial charge in [-0.05, 0) is 51.7 Å². The third-order valence-corrected chi connectivity index (χ3v) is 5.73. The van der Waals surface area contributed by atoms with Crippen molar-refractivity contribution in [2.24, 2.45) is 0 Å². The molecule has 1 aromatic heterocycles. The SMILES string of the molecule is CC1=C(C(=O)OCc2ccccc2)[C@@H](c2ccccc2-c2ccc(C#N)cc2)n2nnnc2N1. The van der Waals surface area contributed by atoms with Gasteiger partial charge in [-0.25, -0.2) is 4.79 Å². The second-order valence-electron chi connectivity index (χ2n) is 7.85. The Morgan fingerprint density at radius 3 is 2.56 bits per heavy atom. The summed E-state index contributed by atoms with van der Waals surface area (Å²) in [6, 6.07) is 26.2. The van der Waals surface area contributed by atoms with Gasteiger partial charge in [0.05, 0.1) is 17.2 Å². The van der Waals surface area contributed by atoms with Gasteiger partial charge < -0.3 is 10.1 Å². The maximum atomic E-state index is 13.4. The van der Waals surface area contributed by atoms with Crippen LogP contribution in [0.25, 0.3) is 11.1 Å². The van der Waals surface area contributed by atoms with Crippen molar-refractivity contribution in [3.8, 4) is 17.2 Å². The van der Waals surface area contributed by atoms with Crippen LogP contribution in [0.1, 0.15) is 29.7 Å². The first-order chi connectivity index (χ1) is 16.7. The van der Waals surface area contributed by atoms with E-state index in [1.54, 1.807) is 16.8 Å². The maximum absolute atomic E-state index is 13.4. The van der Waals surface area contributed by atoms with E-state index in [2.05, 4.69) is 26.9 Å². The van der Waals surface area contributed by atoms with Crippen LogP contribution in [-0.2, 0) is 16.1 Å². The molecule has 0 saturated heterocycles. The van der Waals surface area contributed by atoms with Gasteiger partial charge in [0.25, 0.3) is 0 Å². The lowest BCUT2D eigenvalue weighted by atomic mass is 9.89. The molecule has 2 heterocycles. The van der Waals surface area contributed by atoms with Crippen molar-refractivity contribution < 1.29 is 9.53 Å². The molecule has 1 N–H and O–H groups in total. The molecule has 0 aliphatic carbocycles. The fourth-order valence-electron chi connectivity index (χ4n) is 4.09. The molecule has 0 spiro atoms. The highest BCUT2D eigenvalue weighted by molar-refractivity contribution is 5.93. The summed E-state index contributed by atoms with van der Waals surface area (Å²) in [5.41, 5.74) is 5.19. The molecule has 5 rings (SSSR count). The van der Waals surface area contributed by atoms with Crippen LogP contribution in [0.3, 0.4) is 0 Å². The van der Waals surface area contributed by atoms with Crippen molar-refractivity contribution in [3.63, 3.8) is 0 Å². The minimum absolute atomic E-state index is 0.156. The van der Waals surface area contributed by atoms with Crippen LogP contribution in [0.4, 0.5) is 5.95 Å². The summed E-state index contributed by atoms with van der Waals surface area (Å²) in [4.78, 5) is 13.4. The van der Waals surface area contributed by atoms with Gasteiger partial charge in [0.15, 0.2) is 0 Å². The molecule has 8 heteroatoms. The second-order valence-corrected chi connectivity index (χ2v) is 7.85. The number of ether oxygens (including phenoxy) is 1. The van der Waals surface area contributed by atoms with Gasteiger partial charge in [0.1, 0.15) is 12.6 Å². The molecule has 1 aliphatic heterocycles. The van der Waals surface area contributed by atoms with E-state index in [1.807, 2.05) is 73.7 Å². The average Bonchev–Trinajstić information content (AvgIpc) is 3.35. The fraction of sp³-hybridized carbons (Fsp3) is 0.115. The van der Waals surface area contributed by atoms with E-state index in [0.717, 1.165) is 22.3 Å². The number of aromatic nitrogens is 4. The van der Waals surface area contributed by atoms with Gasteiger partial charge in [0, 0.05) is 5.70 Å². The van der Waals surface area contributed by atoms with Crippen molar-refractivity contribution in [2.45, 2.75) is 19.6 Å². The first kappa shape index (κ1) is 21.1. The van der Waals surface area contributed by atoms with E-state index >= 15 is 0 Å². The third-order valence-electron chi connectivity index (χ3n) is 5.73. The molecule has 0 unspecified atom stereocenters. The van der Waals surface area contributed by atoms with Crippen molar-refractivity contribution >= 4 is 11.9 Å². The van der Waals surface area contributed by atoms with Crippen molar-refractivity contribution in [3.05, 3.63) is 107 Å². The lowest BCUT2D eigenvalue weighted by Gasteiger charge is -2.29. The predicted octanol–water partition coefficient (Wildman–Crippen LogP) is 4.24. The molecule has 0 saturated carbocycles. The summed E-state index contributed by atoms with van der Waals surface area (Å²) >= 11 is 0. The predicted molar refractivity (Wildman–Crippen MR) is 125 cm³/mol. The molecule has 0 radical (unpaired) electrons. The van der Waals surface area contributed by atoms with Gasteiger partial charge >= 0.3 is 5.97 Å². The fourth-order valence-corrected chi connectivity index (χ4v) is 4.09. The van der Waals surface area contributed by atoms with Crippen molar-refractivity contribution in [2.75, 3.05) is 5.32 Å². The molecule has 0 bridgehead atoms. The number of hydrogen-bond acceptors (Lipinski definition) is 7. The number of fused-ring (bicyclic) bond motifs is 1. The number of anilines is 1. The first-order valence-corrected chi connectivity index (χ1v) is 10.7. The van der Waals surface area contributed by atoms with Crippen LogP contribution in [0.15, 0.2) is 90.1 Å². The number of allylic oxidation sites excluding steroid dienone is 1. The summed E-state index contributed by atoms with van der Waals surface area (Å²) in [5.74, 6) is -0.00799. The standard InChI is InChI=1S/C26H20N6O2/c1-17-23(25(33)34-16-19-7-3-2-4-8-19)24(32-26(28-17)29-30-31-32)22-10-6-5-9-21(22)20-13-11-18(15-27)12-14-20/h2-14,24H,16H2,1H3,(H,28,29,31)/t24-/m1/s1. The Hall–Kier alpha value is -4.77. The van der Waals surface area contributed by atoms with E-state index in [0.29, 0.717) is 22.8 Å². The summed E-state index contributed by atoms with van der Waals surface area (Å²) in [5, 5.41) is 24.3. The molecule has 166 valence electrons. The molecule has 1 atom stereocenters. The van der Waals surface area contributed by atoms with Crippen molar-refractivity contribution in [1.82, 2.24) is 20.2 Å². The molecule has 0 fully saturated rings. The molecule has 4 aromatic rings. The highest BCUT2D eigenvalue weighted by atomic mass is 16.5. The number of benzene rings is 3. The minimum Gasteiger partial charge on any atom is -0.457 e. The molecule has 3 aromatic carbocycles. The summed E-state index contributed by atoms with van der Waals surface area (Å²) in [7, 11) is 0. The number of carbonyl (C=O) groups excluding carboxylic acids is 1. The molecular weight excluding hydrogens is 428 g/mol. The smallest absolute Gasteiger partial charge is 0.338 e. The van der Waals surface area contributed by atoms with E-state index in [4.69, 9.17) is 10.00 Å². The Labute approximate surface area is 196 Å². The number of nitrogens with zero attached hydrogens (tertiary/aromatic N) is 5. The van der Waals surface area contributed by atoms with Gasteiger partial charge in [-0.15, -0.1) is 0 Å². The lowest BCUT2D eigenvalue weighted by Crippen LogP contribution is -2.30. The Morgan fingerprint density at radius 1 is 1.06 bits per heavy atom. The zero-order valence-electron chi connectivity index (χ0n) is 18.3. The maximum Gasteiger partial charge on any atom is 0.338 e. The average molecular weight is 448 g/mol. The van der Waals surface area contributed by atoms with Crippen LogP contribution in [0.2, 0.25) is 0 Å². The van der Waals surface area contributed by atoms with Crippen LogP contribution in [0, 0.1) is 11.3 Å². The molecule has 8 nitrogen and oxygen atoms in total. The van der Waals surface area contributed by atoms with Crippen LogP contribution < -0.4 is 5.32 Å². The number of esters is 1. The quantitative estimate of drug-likeness (QED) is 0.455. The number of carbonyl (C=O) groups is 1. The summed E-state index contributed by atoms with van der Waals surface area (Å²) in [6.45, 7) is 1.97. The number of nitrogens with one attached hydrogen (secondary N) is 1. The van der Waals surface area contributed by atoms with Gasteiger partial charge in [-0.1, -0.05) is 71.8 Å². The molecule has 34 heavy (non-hydrogen) atoms. The van der Waals surface area contributed by atoms with E-state index in [9.17, 15) is 4.79 Å². The Bertz CT molecular complexity index is 1420. The van der Waals surface area contributed by atoms with Gasteiger partial charge in [-0.2, -0.15) is 9.94 Å². The topological polar surface area (TPSA) is 106 Å². The largest absolute Gasteiger partial charge is 0.457 e. The van der Waals surface area contributed by atoms with E-state index in [1.165, 1.54) is 0 Å². The third kappa shape index (κ3) is 3.91. The Kier molecular flexibility index (Phi) is 5.58. The Balaban J connectivity index is 1.57. The molecular formula is C26H20N6O2. The van der Waals surface area contributed by atoms with Gasteiger partial charge in [0.2, 0.25) is 5.95 Å².